The van der Waals surface area contributed by atoms with Crippen LogP contribution < -0.4 is 16.8 Å². The van der Waals surface area contributed by atoms with E-state index in [1.807, 2.05) is 6.07 Å². The zero-order valence-corrected chi connectivity index (χ0v) is 11.5. The van der Waals surface area contributed by atoms with Gasteiger partial charge in [-0.25, -0.2) is 0 Å². The maximum atomic E-state index is 11.0. The Morgan fingerprint density at radius 1 is 1.42 bits per heavy atom. The quantitative estimate of drug-likeness (QED) is 0.733. The van der Waals surface area contributed by atoms with Crippen molar-refractivity contribution in [2.75, 3.05) is 11.1 Å². The smallest absolute Gasteiger partial charge is 0.248 e. The second-order valence-electron chi connectivity index (χ2n) is 4.50. The molecule has 100 valence electrons. The van der Waals surface area contributed by atoms with Crippen molar-refractivity contribution in [2.24, 2.45) is 5.73 Å². The molecule has 5 N–H and O–H groups in total. The first-order valence-corrected chi connectivity index (χ1v) is 6.92. The minimum atomic E-state index is -0.468. The predicted octanol–water partition coefficient (Wildman–Crippen LogP) is 2.47. The van der Waals surface area contributed by atoms with Gasteiger partial charge in [0.1, 0.15) is 0 Å². The summed E-state index contributed by atoms with van der Waals surface area (Å²) >= 11 is 1.74. The third-order valence-electron chi connectivity index (χ3n) is 2.83. The molecule has 1 atom stereocenters. The monoisotopic (exact) mass is 275 g/mol. The van der Waals surface area contributed by atoms with Crippen molar-refractivity contribution < 1.29 is 4.79 Å². The van der Waals surface area contributed by atoms with Crippen molar-refractivity contribution in [1.29, 1.82) is 0 Å². The number of anilines is 2. The Kier molecular flexibility index (Phi) is 4.06. The van der Waals surface area contributed by atoms with Crippen LogP contribution in [-0.4, -0.2) is 11.9 Å². The molecular formula is C14H17N3OS. The highest BCUT2D eigenvalue weighted by Gasteiger charge is 2.08. The number of amides is 1. The normalized spacial score (nSPS) is 12.1. The van der Waals surface area contributed by atoms with Crippen LogP contribution >= 0.6 is 11.3 Å². The van der Waals surface area contributed by atoms with E-state index in [0.29, 0.717) is 11.3 Å². The number of nitrogen functional groups attached to an aromatic ring is 1. The fourth-order valence-electron chi connectivity index (χ4n) is 1.89. The Balaban J connectivity index is 2.04. The molecule has 4 nitrogen and oxygen atoms in total. The van der Waals surface area contributed by atoms with E-state index in [4.69, 9.17) is 11.5 Å². The number of primary amides is 1. The maximum Gasteiger partial charge on any atom is 0.248 e. The van der Waals surface area contributed by atoms with Gasteiger partial charge in [-0.2, -0.15) is 0 Å². The number of benzene rings is 1. The molecule has 5 heteroatoms. The van der Waals surface area contributed by atoms with E-state index in [1.54, 1.807) is 29.5 Å². The number of carbonyl (C=O) groups excluding carboxylic acids is 1. The molecule has 1 aromatic heterocycles. The summed E-state index contributed by atoms with van der Waals surface area (Å²) in [5.41, 5.74) is 12.9. The van der Waals surface area contributed by atoms with Gasteiger partial charge in [-0.15, -0.1) is 11.3 Å². The minimum absolute atomic E-state index is 0.264. The minimum Gasteiger partial charge on any atom is -0.397 e. The summed E-state index contributed by atoms with van der Waals surface area (Å²) in [7, 11) is 0. The molecule has 0 aliphatic heterocycles. The van der Waals surface area contributed by atoms with Crippen LogP contribution in [0.1, 0.15) is 22.2 Å². The fourth-order valence-corrected chi connectivity index (χ4v) is 2.73. The van der Waals surface area contributed by atoms with Crippen molar-refractivity contribution in [2.45, 2.75) is 19.4 Å². The van der Waals surface area contributed by atoms with Gasteiger partial charge in [-0.1, -0.05) is 6.07 Å². The number of thiophene rings is 1. The van der Waals surface area contributed by atoms with Gasteiger partial charge < -0.3 is 16.8 Å². The molecule has 0 radical (unpaired) electrons. The lowest BCUT2D eigenvalue weighted by Gasteiger charge is -2.16. The second-order valence-corrected chi connectivity index (χ2v) is 5.53. The Bertz CT molecular complexity index is 566. The van der Waals surface area contributed by atoms with E-state index in [-0.39, 0.29) is 6.04 Å². The van der Waals surface area contributed by atoms with Gasteiger partial charge in [0.2, 0.25) is 5.91 Å². The van der Waals surface area contributed by atoms with Gasteiger partial charge in [0, 0.05) is 22.9 Å². The van der Waals surface area contributed by atoms with Crippen LogP contribution in [0, 0.1) is 0 Å². The van der Waals surface area contributed by atoms with Gasteiger partial charge >= 0.3 is 0 Å². The summed E-state index contributed by atoms with van der Waals surface area (Å²) in [6.07, 6.45) is 0.939. The first kappa shape index (κ1) is 13.4. The van der Waals surface area contributed by atoms with Crippen LogP contribution in [-0.2, 0) is 6.42 Å². The number of rotatable bonds is 5. The van der Waals surface area contributed by atoms with Crippen LogP contribution in [0.3, 0.4) is 0 Å². The molecule has 0 aliphatic carbocycles. The standard InChI is InChI=1S/C14H17N3OS/c1-9(7-11-3-2-6-19-11)17-13-5-4-10(14(16)18)8-12(13)15/h2-6,8-9,17H,7,15H2,1H3,(H2,16,18). The third-order valence-corrected chi connectivity index (χ3v) is 3.72. The van der Waals surface area contributed by atoms with Crippen LogP contribution in [0.15, 0.2) is 35.7 Å². The summed E-state index contributed by atoms with van der Waals surface area (Å²) in [5, 5.41) is 5.41. The molecule has 2 rings (SSSR count). The number of hydrogen-bond acceptors (Lipinski definition) is 4. The van der Waals surface area contributed by atoms with Crippen molar-refractivity contribution in [3.8, 4) is 0 Å². The lowest BCUT2D eigenvalue weighted by Crippen LogP contribution is -2.19. The zero-order valence-electron chi connectivity index (χ0n) is 10.7. The van der Waals surface area contributed by atoms with Crippen molar-refractivity contribution in [3.63, 3.8) is 0 Å². The average Bonchev–Trinajstić information content (AvgIpc) is 2.84. The topological polar surface area (TPSA) is 81.1 Å². The number of nitrogens with one attached hydrogen (secondary N) is 1. The zero-order chi connectivity index (χ0) is 13.8. The molecular weight excluding hydrogens is 258 g/mol. The molecule has 2 aromatic rings. The highest BCUT2D eigenvalue weighted by Crippen LogP contribution is 2.22. The Labute approximate surface area is 116 Å². The van der Waals surface area contributed by atoms with Crippen LogP contribution in [0.4, 0.5) is 11.4 Å². The number of nitrogens with two attached hydrogens (primary N) is 2. The lowest BCUT2D eigenvalue weighted by molar-refractivity contribution is 0.100. The van der Waals surface area contributed by atoms with Crippen LogP contribution in [0.5, 0.6) is 0 Å². The molecule has 0 spiro atoms. The first-order chi connectivity index (χ1) is 9.06. The van der Waals surface area contributed by atoms with Crippen molar-refractivity contribution >= 4 is 28.6 Å². The molecule has 0 saturated heterocycles. The summed E-state index contributed by atoms with van der Waals surface area (Å²) in [5.74, 6) is -0.468. The average molecular weight is 275 g/mol. The summed E-state index contributed by atoms with van der Waals surface area (Å²) < 4.78 is 0. The summed E-state index contributed by atoms with van der Waals surface area (Å²) in [4.78, 5) is 12.4. The largest absolute Gasteiger partial charge is 0.397 e. The second kappa shape index (κ2) is 5.75. The predicted molar refractivity (Wildman–Crippen MR) is 80.5 cm³/mol. The highest BCUT2D eigenvalue weighted by molar-refractivity contribution is 7.09. The fraction of sp³-hybridized carbons (Fsp3) is 0.214. The molecule has 0 aliphatic rings. The Morgan fingerprint density at radius 2 is 2.21 bits per heavy atom. The van der Waals surface area contributed by atoms with Crippen LogP contribution in [0.2, 0.25) is 0 Å². The van der Waals surface area contributed by atoms with E-state index in [9.17, 15) is 4.79 Å². The molecule has 0 fully saturated rings. The molecule has 0 bridgehead atoms. The van der Waals surface area contributed by atoms with Gasteiger partial charge in [-0.3, -0.25) is 4.79 Å². The number of carbonyl (C=O) groups is 1. The van der Waals surface area contributed by atoms with E-state index < -0.39 is 5.91 Å². The molecule has 19 heavy (non-hydrogen) atoms. The van der Waals surface area contributed by atoms with E-state index in [0.717, 1.165) is 12.1 Å². The van der Waals surface area contributed by atoms with Gasteiger partial charge in [0.25, 0.3) is 0 Å². The third kappa shape index (κ3) is 3.48. The summed E-state index contributed by atoms with van der Waals surface area (Å²) in [6, 6.07) is 9.49. The number of hydrogen-bond donors (Lipinski definition) is 3. The molecule has 1 aromatic carbocycles. The van der Waals surface area contributed by atoms with Gasteiger partial charge in [0.15, 0.2) is 0 Å². The molecule has 1 unspecified atom stereocenters. The SMILES string of the molecule is CC(Cc1cccs1)Nc1ccc(C(N)=O)cc1N. The van der Waals surface area contributed by atoms with E-state index in [1.165, 1.54) is 4.88 Å². The van der Waals surface area contributed by atoms with Crippen molar-refractivity contribution in [3.05, 3.63) is 46.2 Å². The van der Waals surface area contributed by atoms with Gasteiger partial charge in [0.05, 0.1) is 11.4 Å². The van der Waals surface area contributed by atoms with Gasteiger partial charge in [-0.05, 0) is 36.6 Å². The molecule has 1 heterocycles. The first-order valence-electron chi connectivity index (χ1n) is 6.04. The van der Waals surface area contributed by atoms with Crippen LogP contribution in [0.25, 0.3) is 0 Å². The highest BCUT2D eigenvalue weighted by atomic mass is 32.1. The lowest BCUT2D eigenvalue weighted by atomic mass is 10.1. The van der Waals surface area contributed by atoms with Crippen molar-refractivity contribution in [1.82, 2.24) is 0 Å². The Morgan fingerprint density at radius 3 is 2.79 bits per heavy atom. The maximum absolute atomic E-state index is 11.0. The van der Waals surface area contributed by atoms with E-state index in [2.05, 4.69) is 23.7 Å². The van der Waals surface area contributed by atoms with E-state index >= 15 is 0 Å². The molecule has 0 saturated carbocycles. The Hall–Kier alpha value is -2.01. The molecule has 1 amide bonds. The summed E-state index contributed by atoms with van der Waals surface area (Å²) in [6.45, 7) is 2.10.